The Hall–Kier alpha value is -2.13. The van der Waals surface area contributed by atoms with Crippen LogP contribution >= 0.6 is 11.6 Å². The molecule has 5 N–H and O–H groups in total. The zero-order chi connectivity index (χ0) is 20.6. The van der Waals surface area contributed by atoms with Crippen LogP contribution in [0.3, 0.4) is 0 Å². The molecule has 154 valence electrons. The minimum absolute atomic E-state index is 0.153. The van der Waals surface area contributed by atoms with Crippen molar-refractivity contribution in [3.63, 3.8) is 0 Å². The molecule has 0 spiro atoms. The number of nitrogens with one attached hydrogen (secondary N) is 2. The molecule has 0 aliphatic carbocycles. The van der Waals surface area contributed by atoms with Crippen molar-refractivity contribution in [2.45, 2.75) is 38.8 Å². The van der Waals surface area contributed by atoms with Gasteiger partial charge in [-0.2, -0.15) is 0 Å². The molecule has 9 heteroatoms. The maximum atomic E-state index is 10.2. The molecule has 1 atom stereocenters. The molecule has 28 heavy (non-hydrogen) atoms. The average Bonchev–Trinajstić information content (AvgIpc) is 2.67. The van der Waals surface area contributed by atoms with E-state index >= 15 is 0 Å². The number of anilines is 1. The average molecular weight is 410 g/mol. The molecule has 8 nitrogen and oxygen atoms in total. The highest BCUT2D eigenvalue weighted by molar-refractivity contribution is 6.32. The predicted molar refractivity (Wildman–Crippen MR) is 110 cm³/mol. The molecule has 0 saturated heterocycles. The number of hydrazine groups is 1. The van der Waals surface area contributed by atoms with Gasteiger partial charge in [0.15, 0.2) is 5.82 Å². The summed E-state index contributed by atoms with van der Waals surface area (Å²) in [7, 11) is 0. The first-order valence-corrected chi connectivity index (χ1v) is 9.42. The Morgan fingerprint density at radius 2 is 2.00 bits per heavy atom. The summed E-state index contributed by atoms with van der Waals surface area (Å²) in [4.78, 5) is 0. The van der Waals surface area contributed by atoms with Gasteiger partial charge in [0, 0.05) is 18.2 Å². The molecule has 0 fully saturated rings. The lowest BCUT2D eigenvalue weighted by Gasteiger charge is -2.27. The van der Waals surface area contributed by atoms with E-state index in [2.05, 4.69) is 20.9 Å². The minimum Gasteiger partial charge on any atom is -0.489 e. The van der Waals surface area contributed by atoms with Gasteiger partial charge in [0.2, 0.25) is 5.88 Å². The fraction of sp³-hybridized carbons (Fsp3) is 0.474. The monoisotopic (exact) mass is 409 g/mol. The molecular formula is C19H28ClN5O3. The van der Waals surface area contributed by atoms with E-state index in [0.29, 0.717) is 42.0 Å². The van der Waals surface area contributed by atoms with Crippen LogP contribution in [0.4, 0.5) is 5.82 Å². The van der Waals surface area contributed by atoms with Crippen molar-refractivity contribution in [2.75, 3.05) is 25.2 Å². The van der Waals surface area contributed by atoms with E-state index in [1.165, 1.54) is 0 Å². The van der Waals surface area contributed by atoms with Gasteiger partial charge in [-0.05, 0) is 51.0 Å². The zero-order valence-corrected chi connectivity index (χ0v) is 17.2. The minimum atomic E-state index is -0.668. The van der Waals surface area contributed by atoms with Crippen LogP contribution in [0.1, 0.15) is 25.8 Å². The summed E-state index contributed by atoms with van der Waals surface area (Å²) < 4.78 is 11.2. The number of halogens is 1. The first-order chi connectivity index (χ1) is 13.3. The number of hydrogen-bond donors (Lipinski definition) is 4. The van der Waals surface area contributed by atoms with E-state index in [-0.39, 0.29) is 12.1 Å². The standard InChI is InChI=1S/C19H28ClN5O3/c1-13-4-5-15(20)16(10-13)28-12-14(26)11-22-19(2,3)8-9-27-18-7-6-17(23-21)24-25-18/h4-7,10,14,22,26H,8-9,11-12,21H2,1-3H3,(H,23,24). The van der Waals surface area contributed by atoms with Crippen LogP contribution in [0.25, 0.3) is 0 Å². The van der Waals surface area contributed by atoms with E-state index in [1.54, 1.807) is 18.2 Å². The number of benzene rings is 1. The third kappa shape index (κ3) is 7.47. The topological polar surface area (TPSA) is 115 Å². The maximum absolute atomic E-state index is 10.2. The number of β-amino-alcohol motifs (C(OH)–C–C–N with tert-alkyl or cyclic N) is 1. The van der Waals surface area contributed by atoms with Crippen LogP contribution < -0.4 is 26.1 Å². The van der Waals surface area contributed by atoms with Crippen molar-refractivity contribution in [1.82, 2.24) is 15.5 Å². The molecule has 0 radical (unpaired) electrons. The van der Waals surface area contributed by atoms with Crippen molar-refractivity contribution in [3.8, 4) is 11.6 Å². The normalized spacial score (nSPS) is 12.5. The lowest BCUT2D eigenvalue weighted by atomic mass is 10.0. The lowest BCUT2D eigenvalue weighted by Crippen LogP contribution is -2.45. The van der Waals surface area contributed by atoms with Gasteiger partial charge in [-0.1, -0.05) is 17.7 Å². The highest BCUT2D eigenvalue weighted by atomic mass is 35.5. The zero-order valence-electron chi connectivity index (χ0n) is 16.4. The number of hydrogen-bond acceptors (Lipinski definition) is 8. The van der Waals surface area contributed by atoms with Gasteiger partial charge in [-0.15, -0.1) is 10.2 Å². The smallest absolute Gasteiger partial charge is 0.233 e. The van der Waals surface area contributed by atoms with Crippen LogP contribution in [0.15, 0.2) is 30.3 Å². The molecule has 0 bridgehead atoms. The summed E-state index contributed by atoms with van der Waals surface area (Å²) in [6, 6.07) is 8.92. The van der Waals surface area contributed by atoms with Crippen LogP contribution in [-0.4, -0.2) is 46.7 Å². The van der Waals surface area contributed by atoms with Crippen LogP contribution in [0.2, 0.25) is 5.02 Å². The van der Waals surface area contributed by atoms with E-state index in [0.717, 1.165) is 5.56 Å². The number of aromatic nitrogens is 2. The largest absolute Gasteiger partial charge is 0.489 e. The van der Waals surface area contributed by atoms with Crippen molar-refractivity contribution in [2.24, 2.45) is 5.84 Å². The van der Waals surface area contributed by atoms with E-state index in [1.807, 2.05) is 32.9 Å². The van der Waals surface area contributed by atoms with Crippen molar-refractivity contribution >= 4 is 17.4 Å². The Bertz CT molecular complexity index is 743. The van der Waals surface area contributed by atoms with Crippen LogP contribution in [0.5, 0.6) is 11.6 Å². The number of nitrogens with two attached hydrogens (primary N) is 1. The van der Waals surface area contributed by atoms with Gasteiger partial charge in [-0.25, -0.2) is 5.84 Å². The second-order valence-corrected chi connectivity index (χ2v) is 7.57. The van der Waals surface area contributed by atoms with Crippen LogP contribution in [0, 0.1) is 6.92 Å². The lowest BCUT2D eigenvalue weighted by molar-refractivity contribution is 0.0964. The highest BCUT2D eigenvalue weighted by Crippen LogP contribution is 2.25. The molecule has 2 aromatic rings. The Morgan fingerprint density at radius 1 is 1.21 bits per heavy atom. The number of rotatable bonds is 11. The van der Waals surface area contributed by atoms with Gasteiger partial charge in [-0.3, -0.25) is 0 Å². The van der Waals surface area contributed by atoms with E-state index in [9.17, 15) is 5.11 Å². The SMILES string of the molecule is Cc1ccc(Cl)c(OCC(O)CNC(C)(C)CCOc2ccc(NN)nn2)c1. The summed E-state index contributed by atoms with van der Waals surface area (Å²) in [6.45, 7) is 7.02. The molecule has 1 unspecified atom stereocenters. The molecule has 0 amide bonds. The predicted octanol–water partition coefficient (Wildman–Crippen LogP) is 2.30. The van der Waals surface area contributed by atoms with Crippen molar-refractivity contribution in [3.05, 3.63) is 40.9 Å². The first-order valence-electron chi connectivity index (χ1n) is 9.04. The van der Waals surface area contributed by atoms with Crippen molar-refractivity contribution < 1.29 is 14.6 Å². The number of aryl methyl sites for hydroxylation is 1. The quantitative estimate of drug-likeness (QED) is 0.330. The molecule has 2 rings (SSSR count). The number of aliphatic hydroxyl groups is 1. The van der Waals surface area contributed by atoms with Crippen molar-refractivity contribution in [1.29, 1.82) is 0 Å². The molecule has 0 saturated carbocycles. The second kappa shape index (κ2) is 10.4. The van der Waals surface area contributed by atoms with Gasteiger partial charge >= 0.3 is 0 Å². The second-order valence-electron chi connectivity index (χ2n) is 7.16. The first kappa shape index (κ1) is 22.2. The Kier molecular flexibility index (Phi) is 8.25. The number of nitrogen functional groups attached to an aromatic ring is 1. The Balaban J connectivity index is 1.70. The Labute approximate surface area is 170 Å². The number of nitrogens with zero attached hydrogens (tertiary/aromatic N) is 2. The molecule has 0 aliphatic heterocycles. The summed E-state index contributed by atoms with van der Waals surface area (Å²) in [6.07, 6.45) is 0.0435. The highest BCUT2D eigenvalue weighted by Gasteiger charge is 2.19. The number of ether oxygens (including phenoxy) is 2. The fourth-order valence-electron chi connectivity index (χ4n) is 2.33. The summed E-state index contributed by atoms with van der Waals surface area (Å²) in [5.41, 5.74) is 3.21. The molecule has 0 aliphatic rings. The van der Waals surface area contributed by atoms with Crippen LogP contribution in [-0.2, 0) is 0 Å². The summed E-state index contributed by atoms with van der Waals surface area (Å²) in [5.74, 6) is 6.72. The molecule has 1 heterocycles. The maximum Gasteiger partial charge on any atom is 0.233 e. The molecule has 1 aromatic heterocycles. The van der Waals surface area contributed by atoms with E-state index in [4.69, 9.17) is 26.9 Å². The van der Waals surface area contributed by atoms with Gasteiger partial charge < -0.3 is 25.3 Å². The third-order valence-corrected chi connectivity index (χ3v) is 4.41. The third-order valence-electron chi connectivity index (χ3n) is 4.10. The fourth-order valence-corrected chi connectivity index (χ4v) is 2.51. The molecule has 1 aromatic carbocycles. The summed E-state index contributed by atoms with van der Waals surface area (Å²) >= 11 is 6.10. The molecular weight excluding hydrogens is 382 g/mol. The number of aliphatic hydroxyl groups excluding tert-OH is 1. The van der Waals surface area contributed by atoms with Gasteiger partial charge in [0.25, 0.3) is 0 Å². The van der Waals surface area contributed by atoms with E-state index < -0.39 is 6.10 Å². The summed E-state index contributed by atoms with van der Waals surface area (Å²) in [5, 5.41) is 21.8. The van der Waals surface area contributed by atoms with Gasteiger partial charge in [0.05, 0.1) is 11.6 Å². The Morgan fingerprint density at radius 3 is 2.68 bits per heavy atom. The van der Waals surface area contributed by atoms with Gasteiger partial charge in [0.1, 0.15) is 18.5 Å².